The first-order valence-corrected chi connectivity index (χ1v) is 7.27. The van der Waals surface area contributed by atoms with E-state index in [4.69, 9.17) is 5.73 Å². The lowest BCUT2D eigenvalue weighted by atomic mass is 9.94. The molecule has 0 radical (unpaired) electrons. The zero-order valence-corrected chi connectivity index (χ0v) is 10.8. The molecule has 94 valence electrons. The van der Waals surface area contributed by atoms with Gasteiger partial charge in [-0.3, -0.25) is 0 Å². The summed E-state index contributed by atoms with van der Waals surface area (Å²) < 4.78 is 26.3. The van der Waals surface area contributed by atoms with E-state index in [0.29, 0.717) is 10.5 Å². The minimum Gasteiger partial charge on any atom is -0.326 e. The van der Waals surface area contributed by atoms with Crippen LogP contribution in [0.3, 0.4) is 0 Å². The van der Waals surface area contributed by atoms with E-state index < -0.39 is 10.0 Å². The molecule has 1 aromatic rings. The van der Waals surface area contributed by atoms with Crippen molar-refractivity contribution >= 4 is 10.0 Å². The number of nitrogens with zero attached hydrogens (tertiary/aromatic N) is 1. The Morgan fingerprint density at radius 2 is 2.00 bits per heavy atom. The van der Waals surface area contributed by atoms with Crippen LogP contribution in [-0.2, 0) is 16.6 Å². The summed E-state index contributed by atoms with van der Waals surface area (Å²) in [6, 6.07) is 7.10. The molecule has 1 saturated carbocycles. The van der Waals surface area contributed by atoms with Gasteiger partial charge in [-0.05, 0) is 24.5 Å². The molecule has 0 heterocycles. The maximum absolute atomic E-state index is 12.4. The van der Waals surface area contributed by atoms with Crippen LogP contribution >= 0.6 is 0 Å². The highest BCUT2D eigenvalue weighted by molar-refractivity contribution is 7.89. The highest BCUT2D eigenvalue weighted by atomic mass is 32.2. The Morgan fingerprint density at radius 3 is 2.53 bits per heavy atom. The molecule has 0 atom stereocenters. The summed E-state index contributed by atoms with van der Waals surface area (Å²) >= 11 is 0. The van der Waals surface area contributed by atoms with Crippen LogP contribution in [0.5, 0.6) is 0 Å². The van der Waals surface area contributed by atoms with Gasteiger partial charge in [-0.2, -0.15) is 4.31 Å². The maximum atomic E-state index is 12.4. The molecule has 0 amide bonds. The molecule has 5 heteroatoms. The van der Waals surface area contributed by atoms with Crippen molar-refractivity contribution in [2.75, 3.05) is 7.05 Å². The molecule has 0 spiro atoms. The van der Waals surface area contributed by atoms with Gasteiger partial charge in [0.25, 0.3) is 0 Å². The van der Waals surface area contributed by atoms with Crippen LogP contribution in [0.25, 0.3) is 0 Å². The first kappa shape index (κ1) is 12.5. The predicted molar refractivity (Wildman–Crippen MR) is 66.9 cm³/mol. The predicted octanol–water partition coefficient (Wildman–Crippen LogP) is 1.32. The summed E-state index contributed by atoms with van der Waals surface area (Å²) in [6.45, 7) is 0.244. The molecule has 2 rings (SSSR count). The van der Waals surface area contributed by atoms with Gasteiger partial charge < -0.3 is 5.73 Å². The van der Waals surface area contributed by atoms with E-state index in [0.717, 1.165) is 19.3 Å². The van der Waals surface area contributed by atoms with E-state index in [1.807, 2.05) is 6.07 Å². The summed E-state index contributed by atoms with van der Waals surface area (Å²) in [7, 11) is -1.73. The molecule has 17 heavy (non-hydrogen) atoms. The third-order valence-electron chi connectivity index (χ3n) is 3.44. The van der Waals surface area contributed by atoms with Crippen molar-refractivity contribution in [3.8, 4) is 0 Å². The molecule has 0 aromatic heterocycles. The van der Waals surface area contributed by atoms with Crippen LogP contribution in [0.15, 0.2) is 29.2 Å². The standard InChI is InChI=1S/C12H18N2O2S/c1-14(11-6-4-7-11)17(15,16)12-8-3-2-5-10(12)9-13/h2-3,5,8,11H,4,6-7,9,13H2,1H3. The van der Waals surface area contributed by atoms with Gasteiger partial charge in [-0.25, -0.2) is 8.42 Å². The van der Waals surface area contributed by atoms with Gasteiger partial charge in [0.1, 0.15) is 0 Å². The quantitative estimate of drug-likeness (QED) is 0.881. The fourth-order valence-corrected chi connectivity index (χ4v) is 3.67. The molecule has 1 aromatic carbocycles. The normalized spacial score (nSPS) is 17.1. The van der Waals surface area contributed by atoms with Crippen molar-refractivity contribution < 1.29 is 8.42 Å². The Morgan fingerprint density at radius 1 is 1.35 bits per heavy atom. The van der Waals surface area contributed by atoms with Gasteiger partial charge in [0.05, 0.1) is 4.90 Å². The molecule has 4 nitrogen and oxygen atoms in total. The highest BCUT2D eigenvalue weighted by Gasteiger charge is 2.32. The van der Waals surface area contributed by atoms with E-state index in [-0.39, 0.29) is 12.6 Å². The number of benzene rings is 1. The number of hydrogen-bond donors (Lipinski definition) is 1. The first-order chi connectivity index (χ1) is 8.07. The van der Waals surface area contributed by atoms with Crippen LogP contribution in [0, 0.1) is 0 Å². The first-order valence-electron chi connectivity index (χ1n) is 5.83. The van der Waals surface area contributed by atoms with Gasteiger partial charge in [0, 0.05) is 19.6 Å². The number of rotatable bonds is 4. The average molecular weight is 254 g/mol. The zero-order valence-electron chi connectivity index (χ0n) is 9.96. The average Bonchev–Trinajstić information content (AvgIpc) is 2.26. The number of nitrogens with two attached hydrogens (primary N) is 1. The third kappa shape index (κ3) is 2.22. The monoisotopic (exact) mass is 254 g/mol. The van der Waals surface area contributed by atoms with Gasteiger partial charge in [0.2, 0.25) is 10.0 Å². The van der Waals surface area contributed by atoms with Gasteiger partial charge in [-0.1, -0.05) is 24.6 Å². The molecule has 1 aliphatic rings. The van der Waals surface area contributed by atoms with Gasteiger partial charge >= 0.3 is 0 Å². The fraction of sp³-hybridized carbons (Fsp3) is 0.500. The van der Waals surface area contributed by atoms with Crippen LogP contribution in [0.4, 0.5) is 0 Å². The lowest BCUT2D eigenvalue weighted by molar-refractivity contribution is 0.249. The molecule has 0 unspecified atom stereocenters. The second-order valence-electron chi connectivity index (χ2n) is 4.42. The van der Waals surface area contributed by atoms with Crippen LogP contribution in [-0.4, -0.2) is 25.8 Å². The second kappa shape index (κ2) is 4.76. The van der Waals surface area contributed by atoms with Crippen molar-refractivity contribution in [2.45, 2.75) is 36.7 Å². The summed E-state index contributed by atoms with van der Waals surface area (Å²) in [5.74, 6) is 0. The summed E-state index contributed by atoms with van der Waals surface area (Å²) in [6.07, 6.45) is 3.03. The van der Waals surface area contributed by atoms with Crippen molar-refractivity contribution in [3.05, 3.63) is 29.8 Å². The fourth-order valence-electron chi connectivity index (χ4n) is 2.03. The van der Waals surface area contributed by atoms with Crippen LogP contribution in [0.2, 0.25) is 0 Å². The Hall–Kier alpha value is -0.910. The van der Waals surface area contributed by atoms with E-state index in [2.05, 4.69) is 0 Å². The Labute approximate surface area is 102 Å². The molecule has 2 N–H and O–H groups in total. The van der Waals surface area contributed by atoms with E-state index in [1.165, 1.54) is 4.31 Å². The molecular weight excluding hydrogens is 236 g/mol. The van der Waals surface area contributed by atoms with Gasteiger partial charge in [-0.15, -0.1) is 0 Å². The minimum absolute atomic E-state index is 0.158. The smallest absolute Gasteiger partial charge is 0.243 e. The summed E-state index contributed by atoms with van der Waals surface area (Å²) in [4.78, 5) is 0.344. The third-order valence-corrected chi connectivity index (χ3v) is 5.45. The van der Waals surface area contributed by atoms with Crippen LogP contribution < -0.4 is 5.73 Å². The Balaban J connectivity index is 2.36. The highest BCUT2D eigenvalue weighted by Crippen LogP contribution is 2.29. The number of sulfonamides is 1. The van der Waals surface area contributed by atoms with Crippen molar-refractivity contribution in [1.29, 1.82) is 0 Å². The van der Waals surface area contributed by atoms with Crippen molar-refractivity contribution in [2.24, 2.45) is 5.73 Å². The van der Waals surface area contributed by atoms with Gasteiger partial charge in [0.15, 0.2) is 0 Å². The Bertz CT molecular complexity index is 495. The zero-order chi connectivity index (χ0) is 12.5. The molecule has 1 fully saturated rings. The summed E-state index contributed by atoms with van der Waals surface area (Å²) in [5, 5.41) is 0. The lowest BCUT2D eigenvalue weighted by Gasteiger charge is -2.34. The lowest BCUT2D eigenvalue weighted by Crippen LogP contribution is -2.41. The molecule has 0 saturated heterocycles. The Kier molecular flexibility index (Phi) is 3.51. The van der Waals surface area contributed by atoms with Crippen molar-refractivity contribution in [1.82, 2.24) is 4.31 Å². The molecule has 1 aliphatic carbocycles. The van der Waals surface area contributed by atoms with E-state index in [9.17, 15) is 8.42 Å². The second-order valence-corrected chi connectivity index (χ2v) is 6.38. The largest absolute Gasteiger partial charge is 0.326 e. The minimum atomic E-state index is -3.39. The van der Waals surface area contributed by atoms with E-state index >= 15 is 0 Å². The number of hydrogen-bond acceptors (Lipinski definition) is 3. The maximum Gasteiger partial charge on any atom is 0.243 e. The molecule has 0 aliphatic heterocycles. The van der Waals surface area contributed by atoms with Crippen LogP contribution in [0.1, 0.15) is 24.8 Å². The summed E-state index contributed by atoms with van der Waals surface area (Å²) in [5.41, 5.74) is 6.27. The topological polar surface area (TPSA) is 63.4 Å². The molecule has 0 bridgehead atoms. The van der Waals surface area contributed by atoms with Crippen molar-refractivity contribution in [3.63, 3.8) is 0 Å². The SMILES string of the molecule is CN(C1CCC1)S(=O)(=O)c1ccccc1CN. The van der Waals surface area contributed by atoms with E-state index in [1.54, 1.807) is 25.2 Å². The molecular formula is C12H18N2O2S.